The lowest BCUT2D eigenvalue weighted by atomic mass is 10.0. The fraction of sp³-hybridized carbons (Fsp3) is 0.278. The summed E-state index contributed by atoms with van der Waals surface area (Å²) in [6, 6.07) is 8.49. The zero-order valence-corrected chi connectivity index (χ0v) is 13.3. The van der Waals surface area contributed by atoms with Crippen LogP contribution >= 0.6 is 0 Å². The van der Waals surface area contributed by atoms with E-state index in [0.717, 1.165) is 10.9 Å². The van der Waals surface area contributed by atoms with E-state index in [2.05, 4.69) is 18.8 Å². The summed E-state index contributed by atoms with van der Waals surface area (Å²) < 4.78 is 0. The first-order chi connectivity index (χ1) is 10.5. The summed E-state index contributed by atoms with van der Waals surface area (Å²) in [7, 11) is 0. The molecule has 4 heteroatoms. The Hall–Kier alpha value is -2.49. The minimum Gasteiger partial charge on any atom is -0.477 e. The van der Waals surface area contributed by atoms with Crippen molar-refractivity contribution in [3.63, 3.8) is 0 Å². The average Bonchev–Trinajstić information content (AvgIpc) is 2.54. The fourth-order valence-corrected chi connectivity index (χ4v) is 1.77. The zero-order chi connectivity index (χ0) is 16.5. The number of unbranched alkanes of at least 4 members (excludes halogenated alkanes) is 1. The Bertz CT molecular complexity index is 689. The highest BCUT2D eigenvalue weighted by Gasteiger charge is 2.09. The average molecular weight is 298 g/mol. The first-order valence-electron chi connectivity index (χ1n) is 7.39. The van der Waals surface area contributed by atoms with Gasteiger partial charge in [0.05, 0.1) is 11.2 Å². The highest BCUT2D eigenvalue weighted by atomic mass is 16.4. The molecule has 1 aromatic heterocycles. The van der Waals surface area contributed by atoms with Crippen molar-refractivity contribution in [1.29, 1.82) is 5.41 Å². The van der Waals surface area contributed by atoms with Gasteiger partial charge in [0.1, 0.15) is 5.69 Å². The van der Waals surface area contributed by atoms with Gasteiger partial charge in [0.15, 0.2) is 0 Å². The molecule has 0 unspecified atom stereocenters. The van der Waals surface area contributed by atoms with Crippen LogP contribution in [0.1, 0.15) is 49.7 Å². The summed E-state index contributed by atoms with van der Waals surface area (Å²) in [5.74, 6) is -1.05. The number of nitrogens with one attached hydrogen (secondary N) is 1. The number of fused-ring (bicyclic) bond motifs is 1. The molecule has 2 N–H and O–H groups in total. The van der Waals surface area contributed by atoms with Crippen LogP contribution in [0.4, 0.5) is 0 Å². The van der Waals surface area contributed by atoms with Crippen LogP contribution in [0, 0.1) is 5.41 Å². The fourth-order valence-electron chi connectivity index (χ4n) is 1.77. The van der Waals surface area contributed by atoms with E-state index < -0.39 is 5.97 Å². The van der Waals surface area contributed by atoms with E-state index in [1.807, 2.05) is 13.0 Å². The molecule has 2 aromatic rings. The van der Waals surface area contributed by atoms with Crippen LogP contribution in [0.25, 0.3) is 10.9 Å². The number of carboxylic acids is 1. The molecule has 1 heterocycles. The van der Waals surface area contributed by atoms with Crippen molar-refractivity contribution in [2.24, 2.45) is 0 Å². The number of aromatic carboxylic acids is 1. The summed E-state index contributed by atoms with van der Waals surface area (Å²) in [4.78, 5) is 14.9. The van der Waals surface area contributed by atoms with E-state index in [-0.39, 0.29) is 5.69 Å². The van der Waals surface area contributed by atoms with Gasteiger partial charge in [-0.15, -0.1) is 0 Å². The Morgan fingerprint density at radius 2 is 1.91 bits per heavy atom. The summed E-state index contributed by atoms with van der Waals surface area (Å²) in [5, 5.41) is 17.6. The summed E-state index contributed by atoms with van der Waals surface area (Å²) in [6.45, 7) is 6.21. The quantitative estimate of drug-likeness (QED) is 0.804. The van der Waals surface area contributed by atoms with Crippen molar-refractivity contribution >= 4 is 22.6 Å². The van der Waals surface area contributed by atoms with Crippen molar-refractivity contribution in [2.45, 2.75) is 33.6 Å². The smallest absolute Gasteiger partial charge is 0.354 e. The Kier molecular flexibility index (Phi) is 6.96. The Morgan fingerprint density at radius 1 is 1.23 bits per heavy atom. The minimum atomic E-state index is -1.05. The van der Waals surface area contributed by atoms with Crippen LogP contribution in [0.2, 0.25) is 0 Å². The number of rotatable bonds is 4. The molecule has 0 fully saturated rings. The van der Waals surface area contributed by atoms with Gasteiger partial charge < -0.3 is 10.5 Å². The van der Waals surface area contributed by atoms with Gasteiger partial charge in [0, 0.05) is 10.9 Å². The molecule has 0 saturated carbocycles. The third-order valence-corrected chi connectivity index (χ3v) is 3.07. The molecular weight excluding hydrogens is 276 g/mol. The zero-order valence-electron chi connectivity index (χ0n) is 13.3. The van der Waals surface area contributed by atoms with Crippen LogP contribution in [-0.2, 0) is 0 Å². The monoisotopic (exact) mass is 298 g/mol. The van der Waals surface area contributed by atoms with Gasteiger partial charge in [-0.2, -0.15) is 0 Å². The lowest BCUT2D eigenvalue weighted by molar-refractivity contribution is 0.0691. The molecule has 0 aliphatic heterocycles. The third kappa shape index (κ3) is 4.52. The molecule has 1 aromatic carbocycles. The first kappa shape index (κ1) is 17.6. The number of carboxylic acid groups (broad SMARTS) is 1. The number of hydrogen-bond donors (Lipinski definition) is 2. The van der Waals surface area contributed by atoms with Crippen LogP contribution in [0.5, 0.6) is 0 Å². The molecule has 116 valence electrons. The Balaban J connectivity index is 0.000000541. The highest BCUT2D eigenvalue weighted by molar-refractivity contribution is 6.14. The van der Waals surface area contributed by atoms with Crippen molar-refractivity contribution < 1.29 is 9.90 Å². The summed E-state index contributed by atoms with van der Waals surface area (Å²) in [5.41, 5.74) is 1.72. The molecule has 4 nitrogen and oxygen atoms in total. The highest BCUT2D eigenvalue weighted by Crippen LogP contribution is 2.18. The number of nitrogens with zero attached hydrogens (tertiary/aromatic N) is 1. The predicted molar refractivity (Wildman–Crippen MR) is 90.9 cm³/mol. The van der Waals surface area contributed by atoms with Crippen molar-refractivity contribution in [3.8, 4) is 0 Å². The van der Waals surface area contributed by atoms with E-state index in [0.29, 0.717) is 11.2 Å². The molecule has 0 atom stereocenters. The lowest BCUT2D eigenvalue weighted by Gasteiger charge is -2.05. The van der Waals surface area contributed by atoms with Crippen LogP contribution < -0.4 is 0 Å². The largest absolute Gasteiger partial charge is 0.477 e. The topological polar surface area (TPSA) is 74.0 Å². The van der Waals surface area contributed by atoms with Crippen molar-refractivity contribution in [3.05, 3.63) is 53.7 Å². The SMILES string of the molecule is C/C=C\C(=N)c1cccc2nc(C(=O)O)ccc12.CCCC. The number of hydrogen-bond acceptors (Lipinski definition) is 3. The molecule has 0 aliphatic carbocycles. The maximum atomic E-state index is 10.8. The van der Waals surface area contributed by atoms with Crippen LogP contribution in [0.3, 0.4) is 0 Å². The molecular formula is C18H22N2O2. The maximum Gasteiger partial charge on any atom is 0.354 e. The third-order valence-electron chi connectivity index (χ3n) is 3.07. The summed E-state index contributed by atoms with van der Waals surface area (Å²) >= 11 is 0. The molecule has 0 saturated heterocycles. The molecule has 22 heavy (non-hydrogen) atoms. The normalized spacial score (nSPS) is 10.3. The van der Waals surface area contributed by atoms with Gasteiger partial charge in [0.25, 0.3) is 0 Å². The molecule has 0 spiro atoms. The predicted octanol–water partition coefficient (Wildman–Crippen LogP) is 4.68. The van der Waals surface area contributed by atoms with Gasteiger partial charge in [-0.1, -0.05) is 44.9 Å². The van der Waals surface area contributed by atoms with E-state index in [9.17, 15) is 4.79 Å². The molecule has 0 amide bonds. The van der Waals surface area contributed by atoms with Crippen LogP contribution in [-0.4, -0.2) is 21.8 Å². The number of allylic oxidation sites excluding steroid dienone is 2. The number of aromatic nitrogens is 1. The standard InChI is InChI=1S/C14H12N2O2.C4H10/c1-2-4-11(15)9-5-3-6-12-10(9)7-8-13(16-12)14(17)18;1-3-4-2/h2-8,15H,1H3,(H,17,18);3-4H2,1-2H3/b4-2-,15-11?;. The van der Waals surface area contributed by atoms with E-state index in [4.69, 9.17) is 10.5 Å². The second kappa shape index (κ2) is 8.72. The second-order valence-corrected chi connectivity index (χ2v) is 4.79. The molecule has 0 aliphatic rings. The van der Waals surface area contributed by atoms with Gasteiger partial charge in [0.2, 0.25) is 0 Å². The molecule has 2 rings (SSSR count). The van der Waals surface area contributed by atoms with E-state index in [1.165, 1.54) is 18.9 Å². The number of carbonyl (C=O) groups is 1. The van der Waals surface area contributed by atoms with Crippen molar-refractivity contribution in [2.75, 3.05) is 0 Å². The van der Waals surface area contributed by atoms with Gasteiger partial charge in [-0.25, -0.2) is 9.78 Å². The van der Waals surface area contributed by atoms with Crippen LogP contribution in [0.15, 0.2) is 42.5 Å². The number of pyridine rings is 1. The van der Waals surface area contributed by atoms with Gasteiger partial charge >= 0.3 is 5.97 Å². The van der Waals surface area contributed by atoms with E-state index in [1.54, 1.807) is 30.4 Å². The van der Waals surface area contributed by atoms with Crippen molar-refractivity contribution in [1.82, 2.24) is 4.98 Å². The van der Waals surface area contributed by atoms with E-state index >= 15 is 0 Å². The first-order valence-corrected chi connectivity index (χ1v) is 7.39. The molecule has 0 radical (unpaired) electrons. The van der Waals surface area contributed by atoms with Gasteiger partial charge in [-0.3, -0.25) is 0 Å². The molecule has 0 bridgehead atoms. The lowest BCUT2D eigenvalue weighted by Crippen LogP contribution is -2.02. The Labute approximate surface area is 131 Å². The minimum absolute atomic E-state index is 0.0113. The maximum absolute atomic E-state index is 10.8. The summed E-state index contributed by atoms with van der Waals surface area (Å²) in [6.07, 6.45) is 6.13. The Morgan fingerprint density at radius 3 is 2.45 bits per heavy atom. The van der Waals surface area contributed by atoms with Gasteiger partial charge in [-0.05, 0) is 31.2 Å². The number of benzene rings is 1. The second-order valence-electron chi connectivity index (χ2n) is 4.79.